The Morgan fingerprint density at radius 1 is 1.40 bits per heavy atom. The van der Waals surface area contributed by atoms with Crippen molar-refractivity contribution in [1.29, 1.82) is 0 Å². The summed E-state index contributed by atoms with van der Waals surface area (Å²) in [6.45, 7) is 5.31. The first-order chi connectivity index (χ1) is 4.81. The average molecular weight is 145 g/mol. The first-order valence-electron chi connectivity index (χ1n) is 3.41. The van der Waals surface area contributed by atoms with Crippen molar-refractivity contribution in [3.63, 3.8) is 0 Å². The molecule has 0 unspecified atom stereocenters. The molecule has 0 aromatic rings. The summed E-state index contributed by atoms with van der Waals surface area (Å²) in [4.78, 5) is 3.61. The predicted octanol–water partition coefficient (Wildman–Crippen LogP) is 1.09. The highest BCUT2D eigenvalue weighted by Crippen LogP contribution is 1.99. The molecule has 3 nitrogen and oxygen atoms in total. The molecule has 0 radical (unpaired) electrons. The Labute approximate surface area is 62.1 Å². The van der Waals surface area contributed by atoms with Gasteiger partial charge in [0, 0.05) is 7.05 Å². The van der Waals surface area contributed by atoms with Crippen LogP contribution >= 0.6 is 0 Å². The minimum absolute atomic E-state index is 0.0463. The van der Waals surface area contributed by atoms with Crippen molar-refractivity contribution in [1.82, 2.24) is 0 Å². The fraction of sp³-hybridized carbons (Fsp3) is 0.857. The highest BCUT2D eigenvalue weighted by molar-refractivity contribution is 5.52. The van der Waals surface area contributed by atoms with Gasteiger partial charge in [0.15, 0.2) is 6.29 Å². The minimum atomic E-state index is 0.0463. The van der Waals surface area contributed by atoms with Gasteiger partial charge < -0.3 is 14.5 Å². The van der Waals surface area contributed by atoms with Crippen LogP contribution in [0.3, 0.4) is 0 Å². The SMILES string of the molecule is CC1OCCO1.CC=NC. The van der Waals surface area contributed by atoms with Crippen LogP contribution in [-0.4, -0.2) is 32.8 Å². The van der Waals surface area contributed by atoms with Crippen molar-refractivity contribution in [3.05, 3.63) is 0 Å². The van der Waals surface area contributed by atoms with E-state index >= 15 is 0 Å². The first-order valence-corrected chi connectivity index (χ1v) is 3.41. The number of nitrogens with zero attached hydrogens (tertiary/aromatic N) is 1. The molecule has 1 aliphatic heterocycles. The van der Waals surface area contributed by atoms with Crippen molar-refractivity contribution in [2.24, 2.45) is 4.99 Å². The van der Waals surface area contributed by atoms with Gasteiger partial charge in [0.2, 0.25) is 0 Å². The molecule has 0 N–H and O–H groups in total. The molecule has 3 heteroatoms. The molecule has 0 saturated carbocycles. The maximum atomic E-state index is 4.93. The fourth-order valence-corrected chi connectivity index (χ4v) is 0.476. The summed E-state index contributed by atoms with van der Waals surface area (Å²) in [7, 11) is 1.75. The van der Waals surface area contributed by atoms with E-state index in [1.165, 1.54) is 0 Å². The molecule has 0 amide bonds. The molecule has 0 bridgehead atoms. The number of rotatable bonds is 0. The van der Waals surface area contributed by atoms with Crippen LogP contribution in [0.1, 0.15) is 13.8 Å². The standard InChI is InChI=1S/C4H8O2.C3H7N/c1-4-5-2-3-6-4;1-3-4-2/h4H,2-3H2,1H3;3H,1-2H3. The number of hydrogen-bond donors (Lipinski definition) is 0. The summed E-state index contributed by atoms with van der Waals surface area (Å²) in [6.07, 6.45) is 1.80. The monoisotopic (exact) mass is 145 g/mol. The van der Waals surface area contributed by atoms with E-state index in [0.717, 1.165) is 13.2 Å². The molecular weight excluding hydrogens is 130 g/mol. The lowest BCUT2D eigenvalue weighted by Gasteiger charge is -1.94. The molecule has 1 rings (SSSR count). The predicted molar refractivity (Wildman–Crippen MR) is 41.5 cm³/mol. The summed E-state index contributed by atoms with van der Waals surface area (Å²) < 4.78 is 9.86. The van der Waals surface area contributed by atoms with Crippen LogP contribution in [0, 0.1) is 0 Å². The molecule has 10 heavy (non-hydrogen) atoms. The molecule has 0 aromatic heterocycles. The lowest BCUT2D eigenvalue weighted by atomic mass is 10.8. The minimum Gasteiger partial charge on any atom is -0.351 e. The Bertz CT molecular complexity index is 83.6. The van der Waals surface area contributed by atoms with E-state index in [-0.39, 0.29) is 6.29 Å². The smallest absolute Gasteiger partial charge is 0.155 e. The van der Waals surface area contributed by atoms with Gasteiger partial charge >= 0.3 is 0 Å². The maximum Gasteiger partial charge on any atom is 0.155 e. The van der Waals surface area contributed by atoms with Gasteiger partial charge in [-0.15, -0.1) is 0 Å². The summed E-state index contributed by atoms with van der Waals surface area (Å²) in [5.74, 6) is 0. The Morgan fingerprint density at radius 2 is 1.80 bits per heavy atom. The molecule has 0 atom stereocenters. The number of aliphatic imine (C=N–C) groups is 1. The summed E-state index contributed by atoms with van der Waals surface area (Å²) in [6, 6.07) is 0. The molecule has 1 aliphatic rings. The third-order valence-electron chi connectivity index (χ3n) is 1.05. The molecule has 0 spiro atoms. The third kappa shape index (κ3) is 5.72. The van der Waals surface area contributed by atoms with E-state index in [2.05, 4.69) is 4.99 Å². The summed E-state index contributed by atoms with van der Waals surface area (Å²) in [5, 5.41) is 0. The van der Waals surface area contributed by atoms with Gasteiger partial charge in [0.05, 0.1) is 13.2 Å². The van der Waals surface area contributed by atoms with Gasteiger partial charge in [-0.3, -0.25) is 0 Å². The lowest BCUT2D eigenvalue weighted by Crippen LogP contribution is -1.97. The van der Waals surface area contributed by atoms with Crippen molar-refractivity contribution < 1.29 is 9.47 Å². The van der Waals surface area contributed by atoms with Gasteiger partial charge in [0.1, 0.15) is 0 Å². The van der Waals surface area contributed by atoms with E-state index in [1.807, 2.05) is 13.8 Å². The quantitative estimate of drug-likeness (QED) is 0.478. The number of ether oxygens (including phenoxy) is 2. The second-order valence-corrected chi connectivity index (χ2v) is 1.83. The second kappa shape index (κ2) is 6.71. The second-order valence-electron chi connectivity index (χ2n) is 1.83. The maximum absolute atomic E-state index is 4.93. The number of hydrogen-bond acceptors (Lipinski definition) is 3. The van der Waals surface area contributed by atoms with Gasteiger partial charge in [-0.2, -0.15) is 0 Å². The first kappa shape index (κ1) is 9.59. The van der Waals surface area contributed by atoms with Gasteiger partial charge in [0.25, 0.3) is 0 Å². The average Bonchev–Trinajstić information content (AvgIpc) is 2.40. The molecule has 0 aromatic carbocycles. The van der Waals surface area contributed by atoms with E-state index in [9.17, 15) is 0 Å². The lowest BCUT2D eigenvalue weighted by molar-refractivity contribution is -0.0254. The fourth-order valence-electron chi connectivity index (χ4n) is 0.476. The highest BCUT2D eigenvalue weighted by atomic mass is 16.7. The van der Waals surface area contributed by atoms with Gasteiger partial charge in [-0.25, -0.2) is 0 Å². The Kier molecular flexibility index (Phi) is 6.43. The van der Waals surface area contributed by atoms with E-state index < -0.39 is 0 Å². The zero-order valence-electron chi connectivity index (χ0n) is 6.83. The van der Waals surface area contributed by atoms with E-state index in [1.54, 1.807) is 13.3 Å². The highest BCUT2D eigenvalue weighted by Gasteiger charge is 2.07. The summed E-state index contributed by atoms with van der Waals surface area (Å²) in [5.41, 5.74) is 0. The van der Waals surface area contributed by atoms with E-state index in [0.29, 0.717) is 0 Å². The Hall–Kier alpha value is -0.410. The van der Waals surface area contributed by atoms with Crippen LogP contribution in [0.4, 0.5) is 0 Å². The van der Waals surface area contributed by atoms with E-state index in [4.69, 9.17) is 9.47 Å². The molecular formula is C7H15NO2. The van der Waals surface area contributed by atoms with Crippen molar-refractivity contribution in [2.75, 3.05) is 20.3 Å². The Balaban J connectivity index is 0.000000180. The molecule has 0 aliphatic carbocycles. The van der Waals surface area contributed by atoms with Crippen LogP contribution in [0.5, 0.6) is 0 Å². The van der Waals surface area contributed by atoms with Gasteiger partial charge in [-0.05, 0) is 20.1 Å². The molecule has 1 saturated heterocycles. The zero-order chi connectivity index (χ0) is 7.82. The largest absolute Gasteiger partial charge is 0.351 e. The van der Waals surface area contributed by atoms with Crippen LogP contribution < -0.4 is 0 Å². The third-order valence-corrected chi connectivity index (χ3v) is 1.05. The Morgan fingerprint density at radius 3 is 1.90 bits per heavy atom. The topological polar surface area (TPSA) is 30.8 Å². The summed E-state index contributed by atoms with van der Waals surface area (Å²) >= 11 is 0. The van der Waals surface area contributed by atoms with Crippen molar-refractivity contribution in [3.8, 4) is 0 Å². The molecule has 60 valence electrons. The molecule has 1 fully saturated rings. The normalized spacial score (nSPS) is 19.1. The van der Waals surface area contributed by atoms with Crippen molar-refractivity contribution in [2.45, 2.75) is 20.1 Å². The van der Waals surface area contributed by atoms with Crippen LogP contribution in [-0.2, 0) is 9.47 Å². The van der Waals surface area contributed by atoms with Crippen molar-refractivity contribution >= 4 is 6.21 Å². The van der Waals surface area contributed by atoms with Crippen LogP contribution in [0.25, 0.3) is 0 Å². The van der Waals surface area contributed by atoms with Crippen LogP contribution in [0.15, 0.2) is 4.99 Å². The zero-order valence-corrected chi connectivity index (χ0v) is 6.83. The van der Waals surface area contributed by atoms with Gasteiger partial charge in [-0.1, -0.05) is 0 Å². The van der Waals surface area contributed by atoms with Crippen LogP contribution in [0.2, 0.25) is 0 Å². The molecule has 1 heterocycles.